The third kappa shape index (κ3) is 3.24. The summed E-state index contributed by atoms with van der Waals surface area (Å²) in [6.45, 7) is 5.08. The number of nitrogens with zero attached hydrogens (tertiary/aromatic N) is 2. The number of amides is 1. The van der Waals surface area contributed by atoms with Gasteiger partial charge in [0.25, 0.3) is 5.91 Å². The minimum Gasteiger partial charge on any atom is -0.360 e. The van der Waals surface area contributed by atoms with E-state index in [1.165, 1.54) is 5.57 Å². The molecule has 2 fully saturated rings. The highest BCUT2D eigenvalue weighted by Gasteiger charge is 2.33. The first-order valence-electron chi connectivity index (χ1n) is 8.54. The van der Waals surface area contributed by atoms with E-state index in [9.17, 15) is 4.79 Å². The van der Waals surface area contributed by atoms with Gasteiger partial charge in [-0.3, -0.25) is 9.69 Å². The number of nitrogens with one attached hydrogen (secondary N) is 1. The second-order valence-corrected chi connectivity index (χ2v) is 7.06. The lowest BCUT2D eigenvalue weighted by atomic mass is 10.1. The van der Waals surface area contributed by atoms with Crippen LogP contribution in [-0.2, 0) is 0 Å². The first kappa shape index (κ1) is 14.7. The third-order valence-electron chi connectivity index (χ3n) is 5.00. The van der Waals surface area contributed by atoms with E-state index in [1.807, 2.05) is 0 Å². The molecule has 0 unspecified atom stereocenters. The van der Waals surface area contributed by atoms with Crippen LogP contribution in [0.4, 0.5) is 0 Å². The molecule has 5 heteroatoms. The van der Waals surface area contributed by atoms with Crippen molar-refractivity contribution in [3.63, 3.8) is 0 Å². The number of carbonyl (C=O) groups is 1. The van der Waals surface area contributed by atoms with Gasteiger partial charge in [0.15, 0.2) is 5.69 Å². The number of rotatable bonds is 5. The highest BCUT2D eigenvalue weighted by Crippen LogP contribution is 2.40. The molecule has 0 aromatic carbocycles. The highest BCUT2D eigenvalue weighted by atomic mass is 16.5. The molecular weight excluding hydrogens is 290 g/mol. The zero-order valence-electron chi connectivity index (χ0n) is 13.5. The van der Waals surface area contributed by atoms with E-state index in [0.717, 1.165) is 44.7 Å². The molecule has 2 heterocycles. The van der Waals surface area contributed by atoms with Crippen LogP contribution in [0.15, 0.2) is 34.4 Å². The molecule has 0 spiro atoms. The van der Waals surface area contributed by atoms with E-state index < -0.39 is 0 Å². The molecule has 2 aliphatic carbocycles. The Bertz CT molecular complexity index is 657. The van der Waals surface area contributed by atoms with Crippen molar-refractivity contribution in [2.75, 3.05) is 19.6 Å². The molecule has 2 atom stereocenters. The minimum atomic E-state index is -0.112. The van der Waals surface area contributed by atoms with Crippen LogP contribution in [0.3, 0.4) is 0 Å². The Morgan fingerprint density at radius 2 is 2.30 bits per heavy atom. The Morgan fingerprint density at radius 1 is 1.43 bits per heavy atom. The van der Waals surface area contributed by atoms with Gasteiger partial charge in [0, 0.05) is 37.7 Å². The number of hydrogen-bond acceptors (Lipinski definition) is 4. The lowest BCUT2D eigenvalue weighted by Crippen LogP contribution is -2.40. The van der Waals surface area contributed by atoms with Crippen LogP contribution in [0.1, 0.15) is 48.4 Å². The van der Waals surface area contributed by atoms with Crippen molar-refractivity contribution in [1.29, 1.82) is 0 Å². The maximum absolute atomic E-state index is 12.4. The van der Waals surface area contributed by atoms with Gasteiger partial charge in [-0.25, -0.2) is 0 Å². The number of aromatic nitrogens is 1. The molecule has 1 aromatic rings. The summed E-state index contributed by atoms with van der Waals surface area (Å²) in [6, 6.07) is 1.98. The van der Waals surface area contributed by atoms with E-state index in [-0.39, 0.29) is 11.9 Å². The van der Waals surface area contributed by atoms with Crippen molar-refractivity contribution in [3.8, 4) is 0 Å². The maximum Gasteiger partial charge on any atom is 0.273 e. The van der Waals surface area contributed by atoms with Crippen molar-refractivity contribution >= 4 is 5.91 Å². The molecule has 1 saturated heterocycles. The summed E-state index contributed by atoms with van der Waals surface area (Å²) in [6.07, 6.45) is 10.0. The number of likely N-dealkylation sites (tertiary alicyclic amines) is 1. The summed E-state index contributed by atoms with van der Waals surface area (Å²) >= 11 is 0. The first-order valence-corrected chi connectivity index (χ1v) is 8.54. The lowest BCUT2D eigenvalue weighted by Gasteiger charge is -2.16. The molecule has 1 saturated carbocycles. The Morgan fingerprint density at radius 3 is 3.04 bits per heavy atom. The van der Waals surface area contributed by atoms with Gasteiger partial charge in [0.2, 0.25) is 0 Å². The van der Waals surface area contributed by atoms with Crippen LogP contribution >= 0.6 is 0 Å². The summed E-state index contributed by atoms with van der Waals surface area (Å²) in [5, 5.41) is 7.06. The van der Waals surface area contributed by atoms with Crippen molar-refractivity contribution in [2.24, 2.45) is 5.92 Å². The van der Waals surface area contributed by atoms with Crippen molar-refractivity contribution < 1.29 is 9.32 Å². The van der Waals surface area contributed by atoms with E-state index >= 15 is 0 Å². The van der Waals surface area contributed by atoms with E-state index in [1.54, 1.807) is 6.07 Å². The zero-order valence-corrected chi connectivity index (χ0v) is 13.5. The van der Waals surface area contributed by atoms with Gasteiger partial charge >= 0.3 is 0 Å². The van der Waals surface area contributed by atoms with Crippen molar-refractivity contribution in [3.05, 3.63) is 41.3 Å². The van der Waals surface area contributed by atoms with E-state index in [4.69, 9.17) is 4.52 Å². The van der Waals surface area contributed by atoms with E-state index in [2.05, 4.69) is 40.5 Å². The second-order valence-electron chi connectivity index (χ2n) is 7.06. The molecule has 0 radical (unpaired) electrons. The summed E-state index contributed by atoms with van der Waals surface area (Å²) in [7, 11) is 0. The van der Waals surface area contributed by atoms with Gasteiger partial charge in [-0.05, 0) is 30.8 Å². The van der Waals surface area contributed by atoms with Crippen LogP contribution in [-0.4, -0.2) is 41.6 Å². The molecule has 1 N–H and O–H groups in total. The zero-order chi connectivity index (χ0) is 15.8. The Kier molecular flexibility index (Phi) is 3.81. The van der Waals surface area contributed by atoms with Crippen LogP contribution in [0, 0.1) is 5.92 Å². The molecule has 1 aromatic heterocycles. The molecule has 1 amide bonds. The normalized spacial score (nSPS) is 27.4. The van der Waals surface area contributed by atoms with E-state index in [0.29, 0.717) is 17.5 Å². The van der Waals surface area contributed by atoms with Crippen LogP contribution in [0.5, 0.6) is 0 Å². The monoisotopic (exact) mass is 313 g/mol. The minimum absolute atomic E-state index is 0.112. The molecule has 5 nitrogen and oxygen atoms in total. The van der Waals surface area contributed by atoms with Gasteiger partial charge in [-0.1, -0.05) is 30.3 Å². The Balaban J connectivity index is 1.34. The predicted molar refractivity (Wildman–Crippen MR) is 87.2 cm³/mol. The lowest BCUT2D eigenvalue weighted by molar-refractivity contribution is 0.0922. The highest BCUT2D eigenvalue weighted by molar-refractivity contribution is 5.92. The summed E-state index contributed by atoms with van der Waals surface area (Å²) in [5.74, 6) is 1.67. The Hall–Kier alpha value is -1.88. The van der Waals surface area contributed by atoms with Crippen molar-refractivity contribution in [2.45, 2.75) is 38.1 Å². The first-order chi connectivity index (χ1) is 11.2. The van der Waals surface area contributed by atoms with Gasteiger partial charge in [-0.2, -0.15) is 0 Å². The molecule has 3 aliphatic rings. The average molecular weight is 313 g/mol. The molecular formula is C18H23N3O2. The van der Waals surface area contributed by atoms with Gasteiger partial charge in [0.1, 0.15) is 5.76 Å². The smallest absolute Gasteiger partial charge is 0.273 e. The fraction of sp³-hybridized carbons (Fsp3) is 0.556. The SMILES string of the molecule is C[C@H]1CN(CC2=CCC=C2)C[C@H]1NC(=O)c1cc(C2CC2)on1. The molecule has 122 valence electrons. The van der Waals surface area contributed by atoms with Crippen molar-refractivity contribution in [1.82, 2.24) is 15.4 Å². The summed E-state index contributed by atoms with van der Waals surface area (Å²) < 4.78 is 5.27. The largest absolute Gasteiger partial charge is 0.360 e. The fourth-order valence-electron chi connectivity index (χ4n) is 3.47. The average Bonchev–Trinajstić information content (AvgIpc) is 2.94. The summed E-state index contributed by atoms with van der Waals surface area (Å²) in [5.41, 5.74) is 1.80. The van der Waals surface area contributed by atoms with Gasteiger partial charge in [-0.15, -0.1) is 0 Å². The van der Waals surface area contributed by atoms with Gasteiger partial charge in [0.05, 0.1) is 0 Å². The number of allylic oxidation sites excluding steroid dienone is 2. The summed E-state index contributed by atoms with van der Waals surface area (Å²) in [4.78, 5) is 14.8. The van der Waals surface area contributed by atoms with Gasteiger partial charge < -0.3 is 9.84 Å². The Labute approximate surface area is 136 Å². The number of hydrogen-bond donors (Lipinski definition) is 1. The maximum atomic E-state index is 12.4. The number of carbonyl (C=O) groups excluding carboxylic acids is 1. The standard InChI is InChI=1S/C18H23N3O2/c1-12-9-21(10-13-4-2-3-5-13)11-16(12)19-18(22)15-8-17(23-20-15)14-6-7-14/h2,4-5,8,12,14,16H,3,6-7,9-11H2,1H3,(H,19,22)/t12-,16+/m0/s1. The fourth-order valence-corrected chi connectivity index (χ4v) is 3.47. The predicted octanol–water partition coefficient (Wildman–Crippen LogP) is 2.49. The molecule has 4 rings (SSSR count). The quantitative estimate of drug-likeness (QED) is 0.907. The van der Waals surface area contributed by atoms with Crippen LogP contribution < -0.4 is 5.32 Å². The second kappa shape index (κ2) is 5.96. The molecule has 0 bridgehead atoms. The van der Waals surface area contributed by atoms with Crippen LogP contribution in [0.25, 0.3) is 0 Å². The molecule has 23 heavy (non-hydrogen) atoms. The topological polar surface area (TPSA) is 58.4 Å². The third-order valence-corrected chi connectivity index (χ3v) is 5.00. The van der Waals surface area contributed by atoms with Crippen LogP contribution in [0.2, 0.25) is 0 Å². The molecule has 1 aliphatic heterocycles.